The van der Waals surface area contributed by atoms with Gasteiger partial charge in [-0.2, -0.15) is 0 Å². The number of fused-ring (bicyclic) bond motifs is 1. The number of hydrogen-bond acceptors (Lipinski definition) is 3. The fourth-order valence-electron chi connectivity index (χ4n) is 2.45. The number of hydrogen-bond donors (Lipinski definition) is 0. The maximum atomic E-state index is 5.75. The van der Waals surface area contributed by atoms with Crippen molar-refractivity contribution in [2.45, 2.75) is 6.54 Å². The third kappa shape index (κ3) is 2.58. The Labute approximate surface area is 153 Å². The maximum absolute atomic E-state index is 5.75. The van der Waals surface area contributed by atoms with Gasteiger partial charge in [0.1, 0.15) is 5.76 Å². The summed E-state index contributed by atoms with van der Waals surface area (Å²) in [5.41, 5.74) is 2.01. The van der Waals surface area contributed by atoms with E-state index in [1.165, 1.54) is 0 Å². The number of para-hydroxylation sites is 2. The molecule has 4 rings (SSSR count). The lowest BCUT2D eigenvalue weighted by Crippen LogP contribution is -2.00. The highest BCUT2D eigenvalue weighted by Crippen LogP contribution is 2.28. The molecule has 0 spiro atoms. The highest BCUT2D eigenvalue weighted by molar-refractivity contribution is 14.1. The van der Waals surface area contributed by atoms with Gasteiger partial charge < -0.3 is 13.4 Å². The molecule has 0 amide bonds. The molecule has 0 unspecified atom stereocenters. The number of benzene rings is 1. The number of halogens is 2. The summed E-state index contributed by atoms with van der Waals surface area (Å²) in [6.07, 6.45) is 0. The lowest BCUT2D eigenvalue weighted by molar-refractivity contribution is 0.472. The first kappa shape index (κ1) is 14.3. The molecule has 0 radical (unpaired) electrons. The first-order chi connectivity index (χ1) is 10.7. The molecule has 0 aliphatic carbocycles. The quantitative estimate of drug-likeness (QED) is 0.355. The molecule has 0 N–H and O–H groups in total. The molecule has 1 aromatic carbocycles. The lowest BCUT2D eigenvalue weighted by Gasteiger charge is -2.05. The van der Waals surface area contributed by atoms with E-state index in [-0.39, 0.29) is 0 Å². The second-order valence-corrected chi connectivity index (χ2v) is 6.95. The first-order valence-corrected chi connectivity index (χ1v) is 8.81. The van der Waals surface area contributed by atoms with Crippen LogP contribution in [0.2, 0.25) is 0 Å². The third-order valence-electron chi connectivity index (χ3n) is 3.39. The second kappa shape index (κ2) is 5.73. The van der Waals surface area contributed by atoms with E-state index in [1.807, 2.05) is 42.5 Å². The van der Waals surface area contributed by atoms with Crippen LogP contribution in [-0.4, -0.2) is 9.55 Å². The van der Waals surface area contributed by atoms with Crippen LogP contribution in [0.5, 0.6) is 0 Å². The molecule has 0 aliphatic rings. The summed E-state index contributed by atoms with van der Waals surface area (Å²) < 4.78 is 15.3. The molecule has 22 heavy (non-hydrogen) atoms. The van der Waals surface area contributed by atoms with Crippen LogP contribution in [0, 0.1) is 7.53 Å². The summed E-state index contributed by atoms with van der Waals surface area (Å²) in [6.45, 7) is 0.621. The van der Waals surface area contributed by atoms with Crippen molar-refractivity contribution >= 4 is 56.2 Å². The minimum atomic E-state index is 0.621. The Morgan fingerprint density at radius 1 is 0.909 bits per heavy atom. The molecular weight excluding hydrogens is 506 g/mol. The van der Waals surface area contributed by atoms with Crippen molar-refractivity contribution in [1.82, 2.24) is 9.55 Å². The molecule has 0 aliphatic heterocycles. The van der Waals surface area contributed by atoms with Gasteiger partial charge in [0.05, 0.1) is 17.6 Å². The average molecular weight is 516 g/mol. The minimum absolute atomic E-state index is 0.621. The fourth-order valence-corrected chi connectivity index (χ4v) is 3.33. The molecule has 3 heterocycles. The molecule has 0 saturated heterocycles. The zero-order chi connectivity index (χ0) is 15.1. The van der Waals surface area contributed by atoms with Gasteiger partial charge in [0.15, 0.2) is 19.1 Å². The highest BCUT2D eigenvalue weighted by Gasteiger charge is 2.16. The second-order valence-electron chi connectivity index (χ2n) is 4.82. The number of nitrogens with zero attached hydrogens (tertiary/aromatic N) is 2. The van der Waals surface area contributed by atoms with E-state index in [0.29, 0.717) is 6.54 Å². The average Bonchev–Trinajstić information content (AvgIpc) is 3.20. The molecule has 3 aromatic heterocycles. The van der Waals surface area contributed by atoms with Crippen LogP contribution >= 0.6 is 45.2 Å². The fraction of sp³-hybridized carbons (Fsp3) is 0.0625. The lowest BCUT2D eigenvalue weighted by atomic mass is 10.3. The Morgan fingerprint density at radius 2 is 1.68 bits per heavy atom. The van der Waals surface area contributed by atoms with Gasteiger partial charge in [-0.3, -0.25) is 0 Å². The summed E-state index contributed by atoms with van der Waals surface area (Å²) >= 11 is 4.33. The molecule has 4 nitrogen and oxygen atoms in total. The van der Waals surface area contributed by atoms with E-state index in [9.17, 15) is 0 Å². The number of furan rings is 2. The monoisotopic (exact) mass is 516 g/mol. The summed E-state index contributed by atoms with van der Waals surface area (Å²) in [4.78, 5) is 4.72. The smallest absolute Gasteiger partial charge is 0.177 e. The van der Waals surface area contributed by atoms with Gasteiger partial charge in [-0.1, -0.05) is 12.1 Å². The van der Waals surface area contributed by atoms with Crippen LogP contribution in [0.1, 0.15) is 5.76 Å². The van der Waals surface area contributed by atoms with E-state index in [2.05, 4.69) is 55.8 Å². The van der Waals surface area contributed by atoms with Gasteiger partial charge >= 0.3 is 0 Å². The molecular formula is C16H10I2N2O2. The molecule has 0 saturated carbocycles. The van der Waals surface area contributed by atoms with Gasteiger partial charge in [-0.05, 0) is 81.6 Å². The minimum Gasteiger partial charge on any atom is -0.453 e. The summed E-state index contributed by atoms with van der Waals surface area (Å²) in [5.74, 6) is 2.48. The van der Waals surface area contributed by atoms with E-state index in [1.54, 1.807) is 0 Å². The van der Waals surface area contributed by atoms with Crippen molar-refractivity contribution in [3.63, 3.8) is 0 Å². The van der Waals surface area contributed by atoms with Gasteiger partial charge in [0.25, 0.3) is 0 Å². The van der Waals surface area contributed by atoms with Crippen molar-refractivity contribution in [2.24, 2.45) is 0 Å². The van der Waals surface area contributed by atoms with E-state index in [0.717, 1.165) is 35.9 Å². The molecule has 4 aromatic rings. The Hall–Kier alpha value is -1.29. The molecule has 0 atom stereocenters. The van der Waals surface area contributed by atoms with Crippen molar-refractivity contribution < 1.29 is 8.83 Å². The first-order valence-electron chi connectivity index (χ1n) is 6.66. The Balaban J connectivity index is 1.89. The van der Waals surface area contributed by atoms with Crippen LogP contribution in [-0.2, 0) is 6.54 Å². The van der Waals surface area contributed by atoms with Crippen LogP contribution in [0.15, 0.2) is 57.4 Å². The highest BCUT2D eigenvalue weighted by atomic mass is 127. The number of aromatic nitrogens is 2. The van der Waals surface area contributed by atoms with Gasteiger partial charge in [-0.25, -0.2) is 4.98 Å². The van der Waals surface area contributed by atoms with Crippen LogP contribution in [0.3, 0.4) is 0 Å². The normalized spacial score (nSPS) is 11.4. The summed E-state index contributed by atoms with van der Waals surface area (Å²) in [6, 6.07) is 15.9. The summed E-state index contributed by atoms with van der Waals surface area (Å²) in [5, 5.41) is 0. The Kier molecular flexibility index (Phi) is 3.73. The maximum Gasteiger partial charge on any atom is 0.177 e. The third-order valence-corrected chi connectivity index (χ3v) is 4.55. The predicted molar refractivity (Wildman–Crippen MR) is 101 cm³/mol. The van der Waals surface area contributed by atoms with E-state index in [4.69, 9.17) is 13.8 Å². The molecule has 6 heteroatoms. The topological polar surface area (TPSA) is 44.1 Å². The van der Waals surface area contributed by atoms with Crippen molar-refractivity contribution in [1.29, 1.82) is 0 Å². The van der Waals surface area contributed by atoms with Crippen molar-refractivity contribution in [3.8, 4) is 11.6 Å². The van der Waals surface area contributed by atoms with Crippen molar-refractivity contribution in [2.75, 3.05) is 0 Å². The number of rotatable bonds is 3. The van der Waals surface area contributed by atoms with E-state index >= 15 is 0 Å². The standard InChI is InChI=1S/C16H10I2N2O2/c17-14-7-5-10(21-14)9-20-12-4-2-1-3-11(12)19-16(20)13-6-8-15(18)22-13/h1-8H,9H2. The predicted octanol–water partition coefficient (Wildman–Crippen LogP) is 5.15. The Morgan fingerprint density at radius 3 is 2.41 bits per heavy atom. The van der Waals surface area contributed by atoms with Crippen LogP contribution in [0.25, 0.3) is 22.6 Å². The summed E-state index contributed by atoms with van der Waals surface area (Å²) in [7, 11) is 0. The molecule has 110 valence electrons. The largest absolute Gasteiger partial charge is 0.453 e. The van der Waals surface area contributed by atoms with Crippen LogP contribution < -0.4 is 0 Å². The molecule has 0 fully saturated rings. The van der Waals surface area contributed by atoms with Crippen molar-refractivity contribution in [3.05, 3.63) is 61.8 Å². The SMILES string of the molecule is Ic1ccc(Cn2c(-c3ccc(I)o3)nc3ccccc32)o1. The number of imidazole rings is 1. The molecule has 0 bridgehead atoms. The van der Waals surface area contributed by atoms with Gasteiger partial charge in [0, 0.05) is 0 Å². The van der Waals surface area contributed by atoms with E-state index < -0.39 is 0 Å². The zero-order valence-electron chi connectivity index (χ0n) is 11.3. The Bertz CT molecular complexity index is 952. The van der Waals surface area contributed by atoms with Crippen LogP contribution in [0.4, 0.5) is 0 Å². The van der Waals surface area contributed by atoms with Gasteiger partial charge in [-0.15, -0.1) is 0 Å². The van der Waals surface area contributed by atoms with Gasteiger partial charge in [0.2, 0.25) is 0 Å². The zero-order valence-corrected chi connectivity index (χ0v) is 15.6.